The molecule has 174 valence electrons. The molecule has 0 aliphatic carbocycles. The second-order valence-corrected chi connectivity index (χ2v) is 9.69. The molecule has 1 atom stereocenters. The smallest absolute Gasteiger partial charge is 0.321 e. The fourth-order valence-corrected chi connectivity index (χ4v) is 4.85. The summed E-state index contributed by atoms with van der Waals surface area (Å²) in [6.07, 6.45) is 0. The van der Waals surface area contributed by atoms with E-state index in [9.17, 15) is 9.59 Å². The molecular weight excluding hydrogens is 444 g/mol. The molecular formula is C27H28N4O2S. The molecule has 0 aliphatic rings. The zero-order chi connectivity index (χ0) is 24.4. The lowest BCUT2D eigenvalue weighted by Crippen LogP contribution is -2.31. The Morgan fingerprint density at radius 2 is 1.53 bits per heavy atom. The van der Waals surface area contributed by atoms with Crippen LogP contribution in [0.2, 0.25) is 0 Å². The van der Waals surface area contributed by atoms with E-state index in [2.05, 4.69) is 33.1 Å². The maximum Gasteiger partial charge on any atom is 0.321 e. The van der Waals surface area contributed by atoms with Crippen LogP contribution in [0, 0.1) is 27.7 Å². The van der Waals surface area contributed by atoms with Crippen LogP contribution in [-0.4, -0.2) is 16.9 Å². The zero-order valence-electron chi connectivity index (χ0n) is 19.9. The van der Waals surface area contributed by atoms with E-state index in [4.69, 9.17) is 0 Å². The molecule has 4 rings (SSSR count). The van der Waals surface area contributed by atoms with Gasteiger partial charge in [0.15, 0.2) is 5.13 Å². The van der Waals surface area contributed by atoms with Crippen molar-refractivity contribution in [2.24, 2.45) is 0 Å². The predicted molar refractivity (Wildman–Crippen MR) is 140 cm³/mol. The fraction of sp³-hybridized carbons (Fsp3) is 0.222. The lowest BCUT2D eigenvalue weighted by molar-refractivity contribution is 0.102. The number of nitrogens with zero attached hydrogens (tertiary/aromatic N) is 1. The summed E-state index contributed by atoms with van der Waals surface area (Å²) in [5.41, 5.74) is 7.53. The molecule has 0 saturated carbocycles. The van der Waals surface area contributed by atoms with Gasteiger partial charge in [0.25, 0.3) is 5.91 Å². The third kappa shape index (κ3) is 5.26. The second-order valence-electron chi connectivity index (χ2n) is 8.66. The van der Waals surface area contributed by atoms with E-state index >= 15 is 0 Å². The standard InChI is InChI=1S/C27H28N4O2S/c1-15-6-8-20(9-7-15)19(5)28-26(33)31-27-29-22-11-10-21(14-23(22)34-27)25(32)30-24-17(3)12-16(2)13-18(24)4/h6-14,19H,1-5H3,(H,30,32)(H2,28,29,31,33)/t19-/m1/s1. The van der Waals surface area contributed by atoms with E-state index in [1.165, 1.54) is 16.9 Å². The van der Waals surface area contributed by atoms with Crippen molar-refractivity contribution in [2.45, 2.75) is 40.7 Å². The lowest BCUT2D eigenvalue weighted by Gasteiger charge is -2.14. The number of benzene rings is 3. The van der Waals surface area contributed by atoms with Gasteiger partial charge in [0.1, 0.15) is 0 Å². The highest BCUT2D eigenvalue weighted by molar-refractivity contribution is 7.22. The van der Waals surface area contributed by atoms with Crippen molar-refractivity contribution < 1.29 is 9.59 Å². The molecule has 0 bridgehead atoms. The van der Waals surface area contributed by atoms with Crippen LogP contribution >= 0.6 is 11.3 Å². The molecule has 0 radical (unpaired) electrons. The van der Waals surface area contributed by atoms with Crippen molar-refractivity contribution in [3.63, 3.8) is 0 Å². The van der Waals surface area contributed by atoms with Gasteiger partial charge in [-0.05, 0) is 69.5 Å². The topological polar surface area (TPSA) is 83.1 Å². The number of hydrogen-bond donors (Lipinski definition) is 3. The van der Waals surface area contributed by atoms with Gasteiger partial charge < -0.3 is 10.6 Å². The number of urea groups is 1. The molecule has 4 aromatic rings. The summed E-state index contributed by atoms with van der Waals surface area (Å²) in [7, 11) is 0. The number of aromatic nitrogens is 1. The summed E-state index contributed by atoms with van der Waals surface area (Å²) in [6, 6.07) is 17.0. The van der Waals surface area contributed by atoms with E-state index in [0.29, 0.717) is 10.7 Å². The Hall–Kier alpha value is -3.71. The number of rotatable bonds is 5. The molecule has 3 N–H and O–H groups in total. The van der Waals surface area contributed by atoms with Crippen LogP contribution < -0.4 is 16.0 Å². The van der Waals surface area contributed by atoms with Crippen molar-refractivity contribution in [1.82, 2.24) is 10.3 Å². The third-order valence-electron chi connectivity index (χ3n) is 5.71. The molecule has 0 aliphatic heterocycles. The first-order chi connectivity index (χ1) is 16.2. The number of carbonyl (C=O) groups excluding carboxylic acids is 2. The fourth-order valence-electron chi connectivity index (χ4n) is 3.95. The summed E-state index contributed by atoms with van der Waals surface area (Å²) < 4.78 is 0.826. The number of amides is 3. The molecule has 6 nitrogen and oxygen atoms in total. The van der Waals surface area contributed by atoms with Gasteiger partial charge in [0, 0.05) is 11.3 Å². The van der Waals surface area contributed by atoms with Crippen LogP contribution in [0.1, 0.15) is 51.1 Å². The van der Waals surface area contributed by atoms with Crippen LogP contribution in [0.25, 0.3) is 10.2 Å². The first-order valence-electron chi connectivity index (χ1n) is 11.1. The van der Waals surface area contributed by atoms with Crippen molar-refractivity contribution >= 4 is 44.3 Å². The van der Waals surface area contributed by atoms with E-state index in [1.807, 2.05) is 58.9 Å². The number of fused-ring (bicyclic) bond motifs is 1. The lowest BCUT2D eigenvalue weighted by atomic mass is 10.0. The average molecular weight is 473 g/mol. The van der Waals surface area contributed by atoms with Crippen LogP contribution in [-0.2, 0) is 0 Å². The maximum atomic E-state index is 12.9. The van der Waals surface area contributed by atoms with E-state index in [1.54, 1.807) is 18.2 Å². The van der Waals surface area contributed by atoms with Gasteiger partial charge in [0.05, 0.1) is 16.3 Å². The van der Waals surface area contributed by atoms with Crippen LogP contribution in [0.15, 0.2) is 54.6 Å². The molecule has 1 heterocycles. The SMILES string of the molecule is Cc1ccc([C@@H](C)NC(=O)Nc2nc3ccc(C(=O)Nc4c(C)cc(C)cc4C)cc3s2)cc1. The maximum absolute atomic E-state index is 12.9. The molecule has 34 heavy (non-hydrogen) atoms. The number of hydrogen-bond acceptors (Lipinski definition) is 4. The Bertz CT molecular complexity index is 1350. The van der Waals surface area contributed by atoms with Crippen LogP contribution in [0.5, 0.6) is 0 Å². The van der Waals surface area contributed by atoms with Crippen LogP contribution in [0.3, 0.4) is 0 Å². The van der Waals surface area contributed by atoms with E-state index < -0.39 is 0 Å². The van der Waals surface area contributed by atoms with Gasteiger partial charge in [-0.2, -0.15) is 0 Å². The highest BCUT2D eigenvalue weighted by Gasteiger charge is 2.15. The number of nitrogens with one attached hydrogen (secondary N) is 3. The summed E-state index contributed by atoms with van der Waals surface area (Å²) in [5.74, 6) is -0.176. The van der Waals surface area contributed by atoms with E-state index in [-0.39, 0.29) is 18.0 Å². The van der Waals surface area contributed by atoms with Crippen molar-refractivity contribution in [1.29, 1.82) is 0 Å². The molecule has 3 amide bonds. The second kappa shape index (κ2) is 9.65. The monoisotopic (exact) mass is 472 g/mol. The normalized spacial score (nSPS) is 11.8. The van der Waals surface area contributed by atoms with Gasteiger partial charge in [-0.1, -0.05) is 58.9 Å². The Kier molecular flexibility index (Phi) is 6.65. The zero-order valence-corrected chi connectivity index (χ0v) is 20.8. The Morgan fingerprint density at radius 3 is 2.21 bits per heavy atom. The van der Waals surface area contributed by atoms with Gasteiger partial charge in [-0.15, -0.1) is 0 Å². The Morgan fingerprint density at radius 1 is 0.853 bits per heavy atom. The third-order valence-corrected chi connectivity index (χ3v) is 6.65. The Labute approximate surface area is 203 Å². The van der Waals surface area contributed by atoms with Gasteiger partial charge in [0.2, 0.25) is 0 Å². The first kappa shape index (κ1) is 23.4. The number of carbonyl (C=O) groups is 2. The predicted octanol–water partition coefficient (Wildman–Crippen LogP) is 6.66. The summed E-state index contributed by atoms with van der Waals surface area (Å²) in [5, 5.41) is 9.25. The minimum absolute atomic E-state index is 0.140. The molecule has 0 unspecified atom stereocenters. The summed E-state index contributed by atoms with van der Waals surface area (Å²) >= 11 is 1.33. The van der Waals surface area contributed by atoms with Gasteiger partial charge in [-0.25, -0.2) is 9.78 Å². The molecule has 1 aromatic heterocycles. The minimum atomic E-state index is -0.324. The van der Waals surface area contributed by atoms with Gasteiger partial charge >= 0.3 is 6.03 Å². The van der Waals surface area contributed by atoms with Crippen LogP contribution in [0.4, 0.5) is 15.6 Å². The molecule has 3 aromatic carbocycles. The average Bonchev–Trinajstić information content (AvgIpc) is 3.17. The highest BCUT2D eigenvalue weighted by atomic mass is 32.1. The van der Waals surface area contributed by atoms with Gasteiger partial charge in [-0.3, -0.25) is 10.1 Å². The quantitative estimate of drug-likeness (QED) is 0.303. The molecule has 0 saturated heterocycles. The molecule has 0 spiro atoms. The number of aryl methyl sites for hydroxylation is 4. The van der Waals surface area contributed by atoms with Crippen molar-refractivity contribution in [3.05, 3.63) is 88.0 Å². The number of thiazole rings is 1. The molecule has 0 fully saturated rings. The summed E-state index contributed by atoms with van der Waals surface area (Å²) in [6.45, 7) is 9.99. The first-order valence-corrected chi connectivity index (χ1v) is 11.9. The number of anilines is 2. The highest BCUT2D eigenvalue weighted by Crippen LogP contribution is 2.28. The van der Waals surface area contributed by atoms with Crippen molar-refractivity contribution in [3.8, 4) is 0 Å². The largest absolute Gasteiger partial charge is 0.331 e. The molecule has 7 heteroatoms. The van der Waals surface area contributed by atoms with Crippen molar-refractivity contribution in [2.75, 3.05) is 10.6 Å². The Balaban J connectivity index is 1.45. The van der Waals surface area contributed by atoms with E-state index in [0.717, 1.165) is 38.2 Å². The minimum Gasteiger partial charge on any atom is -0.331 e. The summed E-state index contributed by atoms with van der Waals surface area (Å²) in [4.78, 5) is 29.9.